The van der Waals surface area contributed by atoms with Crippen LogP contribution in [0.2, 0.25) is 0 Å². The van der Waals surface area contributed by atoms with E-state index in [2.05, 4.69) is 9.97 Å². The predicted molar refractivity (Wildman–Crippen MR) is 82.3 cm³/mol. The summed E-state index contributed by atoms with van der Waals surface area (Å²) in [7, 11) is 0. The topological polar surface area (TPSA) is 55.3 Å². The van der Waals surface area contributed by atoms with Gasteiger partial charge in [-0.15, -0.1) is 0 Å². The van der Waals surface area contributed by atoms with Gasteiger partial charge in [-0.3, -0.25) is 4.79 Å². The van der Waals surface area contributed by atoms with E-state index in [-0.39, 0.29) is 17.6 Å². The fraction of sp³-hybridized carbons (Fsp3) is 0.353. The molecule has 1 aliphatic rings. The van der Waals surface area contributed by atoms with Crippen LogP contribution in [0.15, 0.2) is 43.0 Å². The minimum absolute atomic E-state index is 0.0928. The van der Waals surface area contributed by atoms with E-state index in [0.29, 0.717) is 31.9 Å². The van der Waals surface area contributed by atoms with Crippen LogP contribution in [0.25, 0.3) is 0 Å². The average molecular weight is 315 g/mol. The van der Waals surface area contributed by atoms with Crippen molar-refractivity contribution in [3.63, 3.8) is 0 Å². The van der Waals surface area contributed by atoms with Gasteiger partial charge in [0, 0.05) is 37.0 Å². The first-order valence-corrected chi connectivity index (χ1v) is 7.59. The molecule has 23 heavy (non-hydrogen) atoms. The zero-order valence-corrected chi connectivity index (χ0v) is 12.7. The molecular weight excluding hydrogens is 297 g/mol. The molecule has 1 fully saturated rings. The summed E-state index contributed by atoms with van der Waals surface area (Å²) in [6.07, 6.45) is 5.82. The lowest BCUT2D eigenvalue weighted by atomic mass is 10.0. The van der Waals surface area contributed by atoms with Crippen LogP contribution in [0.1, 0.15) is 15.9 Å². The number of aromatic nitrogens is 2. The Morgan fingerprint density at radius 1 is 1.26 bits per heavy atom. The van der Waals surface area contributed by atoms with Gasteiger partial charge in [0.05, 0.1) is 13.2 Å². The highest BCUT2D eigenvalue weighted by atomic mass is 19.1. The summed E-state index contributed by atoms with van der Waals surface area (Å²) in [6.45, 7) is 2.25. The number of halogens is 1. The molecule has 2 aromatic rings. The van der Waals surface area contributed by atoms with Crippen molar-refractivity contribution in [2.75, 3.05) is 26.3 Å². The van der Waals surface area contributed by atoms with Gasteiger partial charge in [-0.1, -0.05) is 0 Å². The molecule has 0 radical (unpaired) electrons. The van der Waals surface area contributed by atoms with E-state index in [0.717, 1.165) is 12.0 Å². The SMILES string of the molecule is O=C(c1ccc(F)cc1)N1CCOCC(Cc2cncnc2)C1. The third kappa shape index (κ3) is 4.10. The second-order valence-corrected chi connectivity index (χ2v) is 5.65. The smallest absolute Gasteiger partial charge is 0.253 e. The molecule has 3 rings (SSSR count). The summed E-state index contributed by atoms with van der Waals surface area (Å²) in [4.78, 5) is 22.4. The molecule has 0 aliphatic carbocycles. The Kier molecular flexibility index (Phi) is 4.92. The van der Waals surface area contributed by atoms with Gasteiger partial charge in [0.25, 0.3) is 5.91 Å². The second-order valence-electron chi connectivity index (χ2n) is 5.65. The van der Waals surface area contributed by atoms with Gasteiger partial charge >= 0.3 is 0 Å². The number of ether oxygens (including phenoxy) is 1. The van der Waals surface area contributed by atoms with Crippen LogP contribution in [0.4, 0.5) is 4.39 Å². The molecule has 1 atom stereocenters. The van der Waals surface area contributed by atoms with Crippen molar-refractivity contribution in [1.29, 1.82) is 0 Å². The number of hydrogen-bond donors (Lipinski definition) is 0. The summed E-state index contributed by atoms with van der Waals surface area (Å²) in [5.74, 6) is -0.250. The maximum absolute atomic E-state index is 13.0. The fourth-order valence-corrected chi connectivity index (χ4v) is 2.73. The number of amides is 1. The molecular formula is C17H18FN3O2. The van der Waals surface area contributed by atoms with Gasteiger partial charge in [0.1, 0.15) is 12.1 Å². The van der Waals surface area contributed by atoms with Crippen molar-refractivity contribution in [2.24, 2.45) is 5.92 Å². The molecule has 1 aliphatic heterocycles. The quantitative estimate of drug-likeness (QED) is 0.869. The Labute approximate surface area is 134 Å². The molecule has 6 heteroatoms. The lowest BCUT2D eigenvalue weighted by molar-refractivity contribution is 0.0737. The molecule has 0 bridgehead atoms. The van der Waals surface area contributed by atoms with E-state index < -0.39 is 0 Å². The Hall–Kier alpha value is -2.34. The Morgan fingerprint density at radius 3 is 2.74 bits per heavy atom. The minimum atomic E-state index is -0.345. The molecule has 1 unspecified atom stereocenters. The summed E-state index contributed by atoms with van der Waals surface area (Å²) in [5, 5.41) is 0. The summed E-state index contributed by atoms with van der Waals surface area (Å²) in [5.41, 5.74) is 1.52. The number of carbonyl (C=O) groups is 1. The van der Waals surface area contributed by atoms with E-state index >= 15 is 0 Å². The number of nitrogens with zero attached hydrogens (tertiary/aromatic N) is 3. The van der Waals surface area contributed by atoms with Crippen molar-refractivity contribution in [3.05, 3.63) is 59.9 Å². The van der Waals surface area contributed by atoms with Crippen LogP contribution in [0, 0.1) is 11.7 Å². The number of carbonyl (C=O) groups excluding carboxylic acids is 1. The van der Waals surface area contributed by atoms with Crippen LogP contribution < -0.4 is 0 Å². The van der Waals surface area contributed by atoms with Crippen LogP contribution in [-0.2, 0) is 11.2 Å². The first-order chi connectivity index (χ1) is 11.2. The first-order valence-electron chi connectivity index (χ1n) is 7.59. The molecule has 1 saturated heterocycles. The van der Waals surface area contributed by atoms with E-state index in [1.165, 1.54) is 30.6 Å². The molecule has 1 aromatic carbocycles. The maximum atomic E-state index is 13.0. The van der Waals surface area contributed by atoms with E-state index in [1.54, 1.807) is 17.3 Å². The molecule has 0 N–H and O–H groups in total. The van der Waals surface area contributed by atoms with Crippen LogP contribution in [0.3, 0.4) is 0 Å². The number of rotatable bonds is 3. The highest BCUT2D eigenvalue weighted by Gasteiger charge is 2.23. The van der Waals surface area contributed by atoms with Crippen LogP contribution >= 0.6 is 0 Å². The second kappa shape index (κ2) is 7.28. The fourth-order valence-electron chi connectivity index (χ4n) is 2.73. The van der Waals surface area contributed by atoms with Gasteiger partial charge in [0.2, 0.25) is 0 Å². The van der Waals surface area contributed by atoms with E-state index in [9.17, 15) is 9.18 Å². The Bertz CT molecular complexity index is 649. The van der Waals surface area contributed by atoms with Gasteiger partial charge in [0.15, 0.2) is 0 Å². The van der Waals surface area contributed by atoms with Crippen molar-refractivity contribution in [3.8, 4) is 0 Å². The Morgan fingerprint density at radius 2 is 2.00 bits per heavy atom. The van der Waals surface area contributed by atoms with Gasteiger partial charge < -0.3 is 9.64 Å². The van der Waals surface area contributed by atoms with Crippen LogP contribution in [-0.4, -0.2) is 47.1 Å². The van der Waals surface area contributed by atoms with Crippen molar-refractivity contribution in [1.82, 2.24) is 14.9 Å². The Balaban J connectivity index is 1.69. The van der Waals surface area contributed by atoms with Gasteiger partial charge in [-0.2, -0.15) is 0 Å². The first kappa shape index (κ1) is 15.6. The third-order valence-electron chi connectivity index (χ3n) is 3.85. The monoisotopic (exact) mass is 315 g/mol. The lowest BCUT2D eigenvalue weighted by Crippen LogP contribution is -2.36. The van der Waals surface area contributed by atoms with E-state index in [4.69, 9.17) is 4.74 Å². The summed E-state index contributed by atoms with van der Waals surface area (Å²) >= 11 is 0. The average Bonchev–Trinajstić information content (AvgIpc) is 2.81. The van der Waals surface area contributed by atoms with Crippen molar-refractivity contribution >= 4 is 5.91 Å². The minimum Gasteiger partial charge on any atom is -0.379 e. The third-order valence-corrected chi connectivity index (χ3v) is 3.85. The summed E-state index contributed by atoms with van der Waals surface area (Å²) < 4.78 is 18.6. The largest absolute Gasteiger partial charge is 0.379 e. The molecule has 0 saturated carbocycles. The molecule has 1 aromatic heterocycles. The van der Waals surface area contributed by atoms with E-state index in [1.807, 2.05) is 0 Å². The molecule has 0 spiro atoms. The molecule has 120 valence electrons. The van der Waals surface area contributed by atoms with Gasteiger partial charge in [-0.05, 0) is 36.2 Å². The number of benzene rings is 1. The molecule has 5 nitrogen and oxygen atoms in total. The summed E-state index contributed by atoms with van der Waals surface area (Å²) in [6, 6.07) is 5.65. The number of hydrogen-bond acceptors (Lipinski definition) is 4. The predicted octanol–water partition coefficient (Wildman–Crippen LogP) is 1.95. The normalized spacial score (nSPS) is 18.5. The maximum Gasteiger partial charge on any atom is 0.253 e. The van der Waals surface area contributed by atoms with Crippen molar-refractivity contribution < 1.29 is 13.9 Å². The highest BCUT2D eigenvalue weighted by molar-refractivity contribution is 5.94. The van der Waals surface area contributed by atoms with Gasteiger partial charge in [-0.25, -0.2) is 14.4 Å². The standard InChI is InChI=1S/C17H18FN3O2/c18-16-3-1-15(2-4-16)17(22)21-5-6-23-11-14(10-21)7-13-8-19-12-20-9-13/h1-4,8-9,12,14H,5-7,10-11H2. The lowest BCUT2D eigenvalue weighted by Gasteiger charge is -2.23. The zero-order valence-electron chi connectivity index (χ0n) is 12.7. The highest BCUT2D eigenvalue weighted by Crippen LogP contribution is 2.15. The molecule has 1 amide bonds. The van der Waals surface area contributed by atoms with Crippen LogP contribution in [0.5, 0.6) is 0 Å². The van der Waals surface area contributed by atoms with Crippen molar-refractivity contribution in [2.45, 2.75) is 6.42 Å². The zero-order chi connectivity index (χ0) is 16.1. The molecule has 2 heterocycles.